The van der Waals surface area contributed by atoms with Gasteiger partial charge >= 0.3 is 0 Å². The molecule has 3 nitrogen and oxygen atoms in total. The Kier molecular flexibility index (Phi) is 6.60. The minimum atomic E-state index is -0.977. The van der Waals surface area contributed by atoms with Gasteiger partial charge in [-0.1, -0.05) is 0 Å². The van der Waals surface area contributed by atoms with Crippen LogP contribution < -0.4 is 5.32 Å². The number of rotatable bonds is 3. The van der Waals surface area contributed by atoms with Crippen LogP contribution in [0.2, 0.25) is 0 Å². The molecule has 1 heterocycles. The van der Waals surface area contributed by atoms with Crippen LogP contribution in [0.5, 0.6) is 0 Å². The lowest BCUT2D eigenvalue weighted by Gasteiger charge is -2.17. The Morgan fingerprint density at radius 2 is 2.10 bits per heavy atom. The largest absolute Gasteiger partial charge is 0.338 e. The Labute approximate surface area is 136 Å². The summed E-state index contributed by atoms with van der Waals surface area (Å²) in [6.45, 7) is 2.19. The van der Waals surface area contributed by atoms with Gasteiger partial charge in [-0.15, -0.1) is 12.4 Å². The molecule has 1 aromatic carbocycles. The molecule has 1 fully saturated rings. The number of nitrogens with zero attached hydrogens (tertiary/aromatic N) is 1. The lowest BCUT2D eigenvalue weighted by Crippen LogP contribution is -2.31. The highest BCUT2D eigenvalue weighted by atomic mass is 127. The molecule has 0 saturated carbocycles. The number of carbonyl (C=O) groups is 1. The SMILES string of the molecule is CNCC1CCN(C(=O)c2cc(F)c(F)cc2I)C1.Cl. The van der Waals surface area contributed by atoms with Crippen LogP contribution >= 0.6 is 35.0 Å². The Morgan fingerprint density at radius 3 is 2.75 bits per heavy atom. The topological polar surface area (TPSA) is 32.3 Å². The lowest BCUT2D eigenvalue weighted by molar-refractivity contribution is 0.0785. The van der Waals surface area contributed by atoms with Gasteiger partial charge in [-0.2, -0.15) is 0 Å². The van der Waals surface area contributed by atoms with Crippen LogP contribution in [0.4, 0.5) is 8.78 Å². The average molecular weight is 417 g/mol. The molecule has 1 unspecified atom stereocenters. The number of likely N-dealkylation sites (tertiary alicyclic amines) is 1. The van der Waals surface area contributed by atoms with E-state index in [-0.39, 0.29) is 23.9 Å². The minimum Gasteiger partial charge on any atom is -0.338 e. The van der Waals surface area contributed by atoms with Crippen LogP contribution in [-0.4, -0.2) is 37.5 Å². The van der Waals surface area contributed by atoms with Gasteiger partial charge in [0.2, 0.25) is 0 Å². The normalized spacial score (nSPS) is 18.0. The van der Waals surface area contributed by atoms with E-state index in [1.807, 2.05) is 29.6 Å². The van der Waals surface area contributed by atoms with Crippen molar-refractivity contribution in [1.82, 2.24) is 10.2 Å². The molecule has 1 amide bonds. The highest BCUT2D eigenvalue weighted by Crippen LogP contribution is 2.22. The van der Waals surface area contributed by atoms with Crippen molar-refractivity contribution >= 4 is 40.9 Å². The predicted molar refractivity (Wildman–Crippen MR) is 84.3 cm³/mol. The molecule has 1 aromatic rings. The van der Waals surface area contributed by atoms with Crippen LogP contribution in [0.1, 0.15) is 16.8 Å². The second-order valence-corrected chi connectivity index (χ2v) is 5.87. The molecule has 1 atom stereocenters. The van der Waals surface area contributed by atoms with Crippen molar-refractivity contribution in [2.75, 3.05) is 26.7 Å². The van der Waals surface area contributed by atoms with E-state index in [0.717, 1.165) is 25.1 Å². The van der Waals surface area contributed by atoms with Crippen molar-refractivity contribution in [3.63, 3.8) is 0 Å². The van der Waals surface area contributed by atoms with E-state index in [2.05, 4.69) is 5.32 Å². The fraction of sp³-hybridized carbons (Fsp3) is 0.462. The van der Waals surface area contributed by atoms with E-state index in [1.54, 1.807) is 4.90 Å². The third-order valence-corrected chi connectivity index (χ3v) is 4.20. The second kappa shape index (κ2) is 7.51. The summed E-state index contributed by atoms with van der Waals surface area (Å²) in [5, 5.41) is 3.09. The summed E-state index contributed by atoms with van der Waals surface area (Å²) < 4.78 is 26.7. The van der Waals surface area contributed by atoms with Gasteiger partial charge in [-0.05, 0) is 60.7 Å². The van der Waals surface area contributed by atoms with Gasteiger partial charge in [-0.3, -0.25) is 4.79 Å². The first-order valence-electron chi connectivity index (χ1n) is 6.11. The number of nitrogens with one attached hydrogen (secondary N) is 1. The van der Waals surface area contributed by atoms with Gasteiger partial charge in [-0.25, -0.2) is 8.78 Å². The first kappa shape index (κ1) is 17.6. The first-order chi connectivity index (χ1) is 9.02. The van der Waals surface area contributed by atoms with Crippen molar-refractivity contribution in [2.24, 2.45) is 5.92 Å². The Bertz CT molecular complexity index is 502. The van der Waals surface area contributed by atoms with Crippen LogP contribution in [0.15, 0.2) is 12.1 Å². The summed E-state index contributed by atoms with van der Waals surface area (Å²) in [7, 11) is 1.88. The zero-order valence-electron chi connectivity index (χ0n) is 11.0. The molecule has 112 valence electrons. The molecule has 20 heavy (non-hydrogen) atoms. The fourth-order valence-corrected chi connectivity index (χ4v) is 2.99. The average Bonchev–Trinajstić information content (AvgIpc) is 2.82. The molecule has 0 spiro atoms. The Balaban J connectivity index is 0.00000200. The Hall–Kier alpha value is -0.470. The van der Waals surface area contributed by atoms with Gasteiger partial charge in [0, 0.05) is 16.7 Å². The zero-order chi connectivity index (χ0) is 14.0. The molecule has 1 aliphatic rings. The number of amides is 1. The number of carbonyl (C=O) groups excluding carboxylic acids is 1. The molecule has 0 aliphatic carbocycles. The highest BCUT2D eigenvalue weighted by molar-refractivity contribution is 14.1. The van der Waals surface area contributed by atoms with Gasteiger partial charge in [0.1, 0.15) is 0 Å². The predicted octanol–water partition coefficient (Wildman–Crippen LogP) is 2.67. The van der Waals surface area contributed by atoms with Gasteiger partial charge in [0.15, 0.2) is 11.6 Å². The van der Waals surface area contributed by atoms with E-state index in [0.29, 0.717) is 22.6 Å². The first-order valence-corrected chi connectivity index (χ1v) is 7.19. The molecule has 0 aromatic heterocycles. The molecule has 1 N–H and O–H groups in total. The van der Waals surface area contributed by atoms with Crippen molar-refractivity contribution in [3.05, 3.63) is 32.9 Å². The molecule has 2 rings (SSSR count). The van der Waals surface area contributed by atoms with Gasteiger partial charge in [0.25, 0.3) is 5.91 Å². The molecule has 0 bridgehead atoms. The maximum Gasteiger partial charge on any atom is 0.255 e. The maximum atomic E-state index is 13.2. The molecule has 1 aliphatic heterocycles. The van der Waals surface area contributed by atoms with E-state index >= 15 is 0 Å². The summed E-state index contributed by atoms with van der Waals surface area (Å²) in [6.07, 6.45) is 0.937. The van der Waals surface area contributed by atoms with Crippen molar-refractivity contribution < 1.29 is 13.6 Å². The Morgan fingerprint density at radius 1 is 1.45 bits per heavy atom. The molecular weight excluding hydrogens is 401 g/mol. The minimum absolute atomic E-state index is 0. The third-order valence-electron chi connectivity index (χ3n) is 3.31. The summed E-state index contributed by atoms with van der Waals surface area (Å²) in [6, 6.07) is 2.05. The van der Waals surface area contributed by atoms with E-state index < -0.39 is 11.6 Å². The second-order valence-electron chi connectivity index (χ2n) is 4.71. The molecule has 7 heteroatoms. The van der Waals surface area contributed by atoms with Gasteiger partial charge in [0.05, 0.1) is 5.56 Å². The maximum absolute atomic E-state index is 13.2. The van der Waals surface area contributed by atoms with Crippen molar-refractivity contribution in [2.45, 2.75) is 6.42 Å². The molecule has 0 radical (unpaired) electrons. The number of benzene rings is 1. The van der Waals surface area contributed by atoms with Crippen LogP contribution in [0, 0.1) is 21.1 Å². The summed E-state index contributed by atoms with van der Waals surface area (Å²) in [5.41, 5.74) is 0.240. The molecule has 1 saturated heterocycles. The number of hydrogen-bond acceptors (Lipinski definition) is 2. The van der Waals surface area contributed by atoms with Crippen LogP contribution in [0.3, 0.4) is 0 Å². The van der Waals surface area contributed by atoms with Gasteiger partial charge < -0.3 is 10.2 Å². The van der Waals surface area contributed by atoms with Crippen LogP contribution in [-0.2, 0) is 0 Å². The number of hydrogen-bond donors (Lipinski definition) is 1. The van der Waals surface area contributed by atoms with Crippen LogP contribution in [0.25, 0.3) is 0 Å². The number of halogens is 4. The summed E-state index contributed by atoms with van der Waals surface area (Å²) in [4.78, 5) is 14.0. The van der Waals surface area contributed by atoms with E-state index in [4.69, 9.17) is 0 Å². The van der Waals surface area contributed by atoms with E-state index in [1.165, 1.54) is 0 Å². The summed E-state index contributed by atoms with van der Waals surface area (Å²) in [5.74, 6) is -1.69. The highest BCUT2D eigenvalue weighted by Gasteiger charge is 2.28. The standard InChI is InChI=1S/C13H15F2IN2O.ClH/c1-17-6-8-2-3-18(7-8)13(19)9-4-10(14)11(15)5-12(9)16;/h4-5,8,17H,2-3,6-7H2,1H3;1H. The quantitative estimate of drug-likeness (QED) is 0.607. The summed E-state index contributed by atoms with van der Waals surface area (Å²) >= 11 is 1.86. The van der Waals surface area contributed by atoms with E-state index in [9.17, 15) is 13.6 Å². The monoisotopic (exact) mass is 416 g/mol. The fourth-order valence-electron chi connectivity index (χ4n) is 2.33. The molecular formula is C13H16ClF2IN2O. The van der Waals surface area contributed by atoms with Crippen molar-refractivity contribution in [3.8, 4) is 0 Å². The third kappa shape index (κ3) is 3.79. The van der Waals surface area contributed by atoms with Crippen molar-refractivity contribution in [1.29, 1.82) is 0 Å². The smallest absolute Gasteiger partial charge is 0.255 e. The zero-order valence-corrected chi connectivity index (χ0v) is 13.9. The lowest BCUT2D eigenvalue weighted by atomic mass is 10.1.